The van der Waals surface area contributed by atoms with Crippen LogP contribution in [0.25, 0.3) is 22.0 Å². The molecule has 62 valence electrons. The summed E-state index contributed by atoms with van der Waals surface area (Å²) in [5.74, 6) is 0. The number of aromatic amines is 1. The van der Waals surface area contributed by atoms with Crippen LogP contribution in [0.15, 0.2) is 42.9 Å². The third kappa shape index (κ3) is 0.855. The SMILES string of the molecule is c1ccc2c3[nH]cncc-3cc2c1. The number of aromatic nitrogens is 2. The molecule has 0 saturated carbocycles. The minimum absolute atomic E-state index is 1.17. The molecule has 0 amide bonds. The summed E-state index contributed by atoms with van der Waals surface area (Å²) in [5.41, 5.74) is 2.34. The second kappa shape index (κ2) is 2.33. The highest BCUT2D eigenvalue weighted by Gasteiger charge is 2.07. The smallest absolute Gasteiger partial charge is 0.0923 e. The summed E-state index contributed by atoms with van der Waals surface area (Å²) < 4.78 is 0. The normalized spacial score (nSPS) is 11.1. The fourth-order valence-corrected chi connectivity index (χ4v) is 1.73. The zero-order valence-corrected chi connectivity index (χ0v) is 6.99. The van der Waals surface area contributed by atoms with Crippen LogP contribution in [-0.4, -0.2) is 9.97 Å². The van der Waals surface area contributed by atoms with E-state index in [2.05, 4.69) is 40.3 Å². The molecule has 0 unspecified atom stereocenters. The molecule has 1 aromatic carbocycles. The fourth-order valence-electron chi connectivity index (χ4n) is 1.73. The Hall–Kier alpha value is -1.83. The van der Waals surface area contributed by atoms with E-state index < -0.39 is 0 Å². The van der Waals surface area contributed by atoms with Gasteiger partial charge in [0.2, 0.25) is 0 Å². The number of H-pyrrole nitrogens is 1. The van der Waals surface area contributed by atoms with Gasteiger partial charge in [0.1, 0.15) is 0 Å². The lowest BCUT2D eigenvalue weighted by molar-refractivity contribution is 1.18. The highest BCUT2D eigenvalue weighted by Crippen LogP contribution is 2.30. The molecule has 0 radical (unpaired) electrons. The molecular formula is C11H8N2. The van der Waals surface area contributed by atoms with Crippen molar-refractivity contribution < 1.29 is 0 Å². The van der Waals surface area contributed by atoms with E-state index in [1.54, 1.807) is 6.33 Å². The summed E-state index contributed by atoms with van der Waals surface area (Å²) in [7, 11) is 0. The van der Waals surface area contributed by atoms with Crippen molar-refractivity contribution in [2.75, 3.05) is 0 Å². The molecule has 1 aromatic rings. The van der Waals surface area contributed by atoms with Gasteiger partial charge in [-0.25, -0.2) is 4.98 Å². The van der Waals surface area contributed by atoms with E-state index in [1.807, 2.05) is 6.20 Å². The zero-order valence-electron chi connectivity index (χ0n) is 6.99. The molecule has 0 saturated heterocycles. The molecule has 13 heavy (non-hydrogen) atoms. The van der Waals surface area contributed by atoms with Crippen molar-refractivity contribution in [2.24, 2.45) is 0 Å². The van der Waals surface area contributed by atoms with E-state index in [4.69, 9.17) is 0 Å². The lowest BCUT2D eigenvalue weighted by Crippen LogP contribution is -1.81. The summed E-state index contributed by atoms with van der Waals surface area (Å²) in [5, 5.41) is 2.53. The number of nitrogens with zero attached hydrogens (tertiary/aromatic N) is 1. The van der Waals surface area contributed by atoms with Crippen LogP contribution in [0.4, 0.5) is 0 Å². The first kappa shape index (κ1) is 6.66. The Labute approximate surface area is 75.6 Å². The lowest BCUT2D eigenvalue weighted by Gasteiger charge is -1.96. The van der Waals surface area contributed by atoms with Gasteiger partial charge in [0.25, 0.3) is 0 Å². The van der Waals surface area contributed by atoms with Crippen molar-refractivity contribution in [3.05, 3.63) is 42.9 Å². The summed E-state index contributed by atoms with van der Waals surface area (Å²) in [4.78, 5) is 7.22. The average molecular weight is 168 g/mol. The van der Waals surface area contributed by atoms with Crippen molar-refractivity contribution in [1.29, 1.82) is 0 Å². The molecule has 2 aliphatic rings. The largest absolute Gasteiger partial charge is 0.345 e. The highest BCUT2D eigenvalue weighted by molar-refractivity contribution is 6.00. The topological polar surface area (TPSA) is 28.7 Å². The van der Waals surface area contributed by atoms with E-state index >= 15 is 0 Å². The maximum absolute atomic E-state index is 4.05. The third-order valence-corrected chi connectivity index (χ3v) is 2.33. The van der Waals surface area contributed by atoms with Crippen LogP contribution in [0.2, 0.25) is 0 Å². The van der Waals surface area contributed by atoms with Gasteiger partial charge in [-0.05, 0) is 11.5 Å². The summed E-state index contributed by atoms with van der Waals surface area (Å²) in [6, 6.07) is 10.5. The molecule has 2 nitrogen and oxygen atoms in total. The Morgan fingerprint density at radius 1 is 1.15 bits per heavy atom. The van der Waals surface area contributed by atoms with Gasteiger partial charge in [-0.3, -0.25) is 0 Å². The van der Waals surface area contributed by atoms with Crippen LogP contribution < -0.4 is 0 Å². The van der Waals surface area contributed by atoms with E-state index in [0.717, 1.165) is 0 Å². The monoisotopic (exact) mass is 168 g/mol. The molecular weight excluding hydrogens is 160 g/mol. The van der Waals surface area contributed by atoms with Gasteiger partial charge in [-0.1, -0.05) is 24.3 Å². The molecule has 3 rings (SSSR count). The quantitative estimate of drug-likeness (QED) is 0.549. The molecule has 1 aliphatic heterocycles. The van der Waals surface area contributed by atoms with E-state index in [9.17, 15) is 0 Å². The van der Waals surface area contributed by atoms with Crippen LogP contribution in [0, 0.1) is 0 Å². The van der Waals surface area contributed by atoms with Crippen molar-refractivity contribution in [3.63, 3.8) is 0 Å². The molecule has 1 aliphatic carbocycles. The standard InChI is InChI=1S/C11H8N2/c1-2-4-10-8(3-1)5-9-6-12-7-13-11(9)10/h1-7H,(H,12,13). The number of nitrogens with one attached hydrogen (secondary N) is 1. The second-order valence-corrected chi connectivity index (χ2v) is 3.11. The highest BCUT2D eigenvalue weighted by atomic mass is 14.8. The van der Waals surface area contributed by atoms with Crippen LogP contribution >= 0.6 is 0 Å². The summed E-state index contributed by atoms with van der Waals surface area (Å²) in [6.45, 7) is 0. The maximum atomic E-state index is 4.05. The van der Waals surface area contributed by atoms with Crippen molar-refractivity contribution in [3.8, 4) is 11.3 Å². The average Bonchev–Trinajstić information content (AvgIpc) is 2.56. The Bertz CT molecular complexity index is 525. The Balaban J connectivity index is 2.56. The molecule has 0 fully saturated rings. The lowest BCUT2D eigenvalue weighted by atomic mass is 10.2. The molecule has 1 heterocycles. The van der Waals surface area contributed by atoms with Crippen molar-refractivity contribution in [1.82, 2.24) is 9.97 Å². The zero-order chi connectivity index (χ0) is 8.67. The number of benzene rings is 1. The van der Waals surface area contributed by atoms with E-state index in [1.165, 1.54) is 22.0 Å². The Morgan fingerprint density at radius 2 is 2.08 bits per heavy atom. The minimum Gasteiger partial charge on any atom is -0.345 e. The second-order valence-electron chi connectivity index (χ2n) is 3.11. The molecule has 0 atom stereocenters. The van der Waals surface area contributed by atoms with Crippen molar-refractivity contribution >= 4 is 10.8 Å². The molecule has 0 aromatic heterocycles. The van der Waals surface area contributed by atoms with Gasteiger partial charge >= 0.3 is 0 Å². The predicted octanol–water partition coefficient (Wildman–Crippen LogP) is 2.67. The van der Waals surface area contributed by atoms with E-state index in [-0.39, 0.29) is 0 Å². The fraction of sp³-hybridized carbons (Fsp3) is 0. The first-order chi connectivity index (χ1) is 6.45. The molecule has 0 bridgehead atoms. The van der Waals surface area contributed by atoms with E-state index in [0.29, 0.717) is 0 Å². The summed E-state index contributed by atoms with van der Waals surface area (Å²) in [6.07, 6.45) is 3.60. The Morgan fingerprint density at radius 3 is 3.08 bits per heavy atom. The number of rotatable bonds is 0. The molecule has 1 N–H and O–H groups in total. The molecule has 0 spiro atoms. The van der Waals surface area contributed by atoms with Crippen LogP contribution in [-0.2, 0) is 0 Å². The number of hydrogen-bond donors (Lipinski definition) is 1. The van der Waals surface area contributed by atoms with Crippen molar-refractivity contribution in [2.45, 2.75) is 0 Å². The van der Waals surface area contributed by atoms with Crippen LogP contribution in [0.1, 0.15) is 0 Å². The van der Waals surface area contributed by atoms with Crippen LogP contribution in [0.5, 0.6) is 0 Å². The van der Waals surface area contributed by atoms with Crippen LogP contribution in [0.3, 0.4) is 0 Å². The number of fused-ring (bicyclic) bond motifs is 3. The summed E-state index contributed by atoms with van der Waals surface area (Å²) >= 11 is 0. The first-order valence-corrected chi connectivity index (χ1v) is 4.25. The van der Waals surface area contributed by atoms with Gasteiger partial charge in [-0.2, -0.15) is 0 Å². The Kier molecular flexibility index (Phi) is 1.19. The van der Waals surface area contributed by atoms with Gasteiger partial charge in [0.15, 0.2) is 0 Å². The van der Waals surface area contributed by atoms with Gasteiger partial charge in [0.05, 0.1) is 12.0 Å². The predicted molar refractivity (Wildman–Crippen MR) is 52.7 cm³/mol. The first-order valence-electron chi connectivity index (χ1n) is 4.25. The van der Waals surface area contributed by atoms with Gasteiger partial charge in [-0.15, -0.1) is 0 Å². The minimum atomic E-state index is 1.17. The number of hydrogen-bond acceptors (Lipinski definition) is 1. The maximum Gasteiger partial charge on any atom is 0.0923 e. The third-order valence-electron chi connectivity index (χ3n) is 2.33. The molecule has 2 heteroatoms. The van der Waals surface area contributed by atoms with Gasteiger partial charge < -0.3 is 4.98 Å². The van der Waals surface area contributed by atoms with Gasteiger partial charge in [0, 0.05) is 17.1 Å².